The van der Waals surface area contributed by atoms with E-state index < -0.39 is 11.9 Å². The lowest BCUT2D eigenvalue weighted by Gasteiger charge is -1.99. The number of hydrogen-bond acceptors (Lipinski definition) is 5. The van der Waals surface area contributed by atoms with Crippen LogP contribution >= 0.6 is 0 Å². The zero-order valence-corrected chi connectivity index (χ0v) is 12.7. The van der Waals surface area contributed by atoms with Gasteiger partial charge in [-0.05, 0) is 48.0 Å². The maximum atomic E-state index is 12.9. The Labute approximate surface area is 137 Å². The van der Waals surface area contributed by atoms with E-state index in [1.165, 1.54) is 31.4 Å². The minimum absolute atomic E-state index is 0.123. The first-order chi connectivity index (χ1) is 11.6. The molecule has 2 aromatic carbocycles. The van der Waals surface area contributed by atoms with Crippen molar-refractivity contribution < 1.29 is 23.5 Å². The van der Waals surface area contributed by atoms with E-state index in [0.29, 0.717) is 16.7 Å². The van der Waals surface area contributed by atoms with Gasteiger partial charge in [-0.2, -0.15) is 0 Å². The third-order valence-electron chi connectivity index (χ3n) is 3.35. The first-order valence-electron chi connectivity index (χ1n) is 7.04. The van der Waals surface area contributed by atoms with Crippen LogP contribution in [0.15, 0.2) is 59.2 Å². The highest BCUT2D eigenvalue weighted by Crippen LogP contribution is 2.19. The molecule has 1 heterocycles. The molecular formula is C18H12FNO4. The summed E-state index contributed by atoms with van der Waals surface area (Å²) >= 11 is 0. The summed E-state index contributed by atoms with van der Waals surface area (Å²) in [6, 6.07) is 12.0. The van der Waals surface area contributed by atoms with E-state index in [0.717, 1.165) is 0 Å². The Balaban J connectivity index is 1.85. The van der Waals surface area contributed by atoms with E-state index in [4.69, 9.17) is 4.74 Å². The van der Waals surface area contributed by atoms with Crippen LogP contribution in [0.2, 0.25) is 0 Å². The predicted molar refractivity (Wildman–Crippen MR) is 84.8 cm³/mol. The molecule has 5 nitrogen and oxygen atoms in total. The number of halogens is 1. The quantitative estimate of drug-likeness (QED) is 0.643. The Morgan fingerprint density at radius 3 is 2.42 bits per heavy atom. The van der Waals surface area contributed by atoms with E-state index in [-0.39, 0.29) is 17.4 Å². The van der Waals surface area contributed by atoms with Gasteiger partial charge in [0.05, 0.1) is 12.7 Å². The summed E-state index contributed by atoms with van der Waals surface area (Å²) in [7, 11) is 1.30. The van der Waals surface area contributed by atoms with Gasteiger partial charge in [-0.1, -0.05) is 12.1 Å². The summed E-state index contributed by atoms with van der Waals surface area (Å²) in [6.07, 6.45) is 1.54. The van der Waals surface area contributed by atoms with Crippen LogP contribution in [-0.4, -0.2) is 24.9 Å². The number of aliphatic imine (C=N–C) groups is 1. The standard InChI is InChI=1S/C18H12FNO4/c1-23-17(21)13-4-2-11(3-5-13)10-15-18(22)24-16(20-15)12-6-8-14(19)9-7-12/h2-10H,1H3/b15-10+. The molecule has 0 fully saturated rings. The SMILES string of the molecule is COC(=O)c1ccc(/C=C2/N=C(c3ccc(F)cc3)OC2=O)cc1. The number of methoxy groups -OCH3 is 1. The Kier molecular flexibility index (Phi) is 4.20. The monoisotopic (exact) mass is 325 g/mol. The van der Waals surface area contributed by atoms with Crippen LogP contribution in [0, 0.1) is 5.82 Å². The molecule has 0 N–H and O–H groups in total. The first-order valence-corrected chi connectivity index (χ1v) is 7.04. The second-order valence-corrected chi connectivity index (χ2v) is 4.96. The number of rotatable bonds is 3. The maximum absolute atomic E-state index is 12.9. The highest BCUT2D eigenvalue weighted by Gasteiger charge is 2.24. The molecule has 0 unspecified atom stereocenters. The van der Waals surface area contributed by atoms with E-state index in [2.05, 4.69) is 9.73 Å². The number of cyclic esters (lactones) is 1. The zero-order chi connectivity index (χ0) is 17.1. The van der Waals surface area contributed by atoms with Crippen molar-refractivity contribution in [2.45, 2.75) is 0 Å². The van der Waals surface area contributed by atoms with Crippen molar-refractivity contribution in [2.24, 2.45) is 4.99 Å². The van der Waals surface area contributed by atoms with E-state index in [9.17, 15) is 14.0 Å². The lowest BCUT2D eigenvalue weighted by Crippen LogP contribution is -2.05. The van der Waals surface area contributed by atoms with Crippen molar-refractivity contribution in [1.82, 2.24) is 0 Å². The Bertz CT molecular complexity index is 852. The fourth-order valence-corrected chi connectivity index (χ4v) is 2.12. The van der Waals surface area contributed by atoms with Crippen molar-refractivity contribution in [2.75, 3.05) is 7.11 Å². The number of hydrogen-bond donors (Lipinski definition) is 0. The molecule has 0 aliphatic carbocycles. The summed E-state index contributed by atoms with van der Waals surface area (Å²) in [4.78, 5) is 27.4. The molecule has 24 heavy (non-hydrogen) atoms. The maximum Gasteiger partial charge on any atom is 0.363 e. The summed E-state index contributed by atoms with van der Waals surface area (Å²) < 4.78 is 22.7. The van der Waals surface area contributed by atoms with Crippen LogP contribution in [-0.2, 0) is 14.3 Å². The molecule has 0 amide bonds. The smallest absolute Gasteiger partial charge is 0.363 e. The number of carbonyl (C=O) groups excluding carboxylic acids is 2. The minimum atomic E-state index is -0.591. The molecule has 1 aliphatic rings. The van der Waals surface area contributed by atoms with Gasteiger partial charge in [0.1, 0.15) is 5.82 Å². The highest BCUT2D eigenvalue weighted by atomic mass is 19.1. The Morgan fingerprint density at radius 1 is 1.12 bits per heavy atom. The molecule has 1 aliphatic heterocycles. The fraction of sp³-hybridized carbons (Fsp3) is 0.0556. The third-order valence-corrected chi connectivity index (χ3v) is 3.35. The van der Waals surface area contributed by atoms with Crippen molar-refractivity contribution in [3.63, 3.8) is 0 Å². The van der Waals surface area contributed by atoms with Gasteiger partial charge in [-0.15, -0.1) is 0 Å². The average molecular weight is 325 g/mol. The first kappa shape index (κ1) is 15.6. The van der Waals surface area contributed by atoms with Crippen LogP contribution in [0.5, 0.6) is 0 Å². The largest absolute Gasteiger partial charge is 0.465 e. The number of nitrogens with zero attached hydrogens (tertiary/aromatic N) is 1. The number of esters is 2. The van der Waals surface area contributed by atoms with Crippen LogP contribution in [0.3, 0.4) is 0 Å². The second-order valence-electron chi connectivity index (χ2n) is 4.96. The van der Waals surface area contributed by atoms with Crippen molar-refractivity contribution in [3.05, 3.63) is 76.7 Å². The molecule has 120 valence electrons. The molecule has 0 spiro atoms. The number of ether oxygens (including phenoxy) is 2. The molecule has 0 saturated heterocycles. The third kappa shape index (κ3) is 3.22. The highest BCUT2D eigenvalue weighted by molar-refractivity contribution is 6.12. The van der Waals surface area contributed by atoms with Gasteiger partial charge < -0.3 is 9.47 Å². The average Bonchev–Trinajstić information content (AvgIpc) is 2.96. The normalized spacial score (nSPS) is 15.2. The van der Waals surface area contributed by atoms with E-state index in [1.54, 1.807) is 30.3 Å². The zero-order valence-electron chi connectivity index (χ0n) is 12.7. The van der Waals surface area contributed by atoms with Crippen molar-refractivity contribution in [3.8, 4) is 0 Å². The van der Waals surface area contributed by atoms with E-state index >= 15 is 0 Å². The van der Waals surface area contributed by atoms with Gasteiger partial charge in [0.15, 0.2) is 5.70 Å². The molecule has 0 aromatic heterocycles. The molecule has 0 radical (unpaired) electrons. The fourth-order valence-electron chi connectivity index (χ4n) is 2.12. The van der Waals surface area contributed by atoms with Gasteiger partial charge in [-0.25, -0.2) is 19.0 Å². The molecular weight excluding hydrogens is 313 g/mol. The van der Waals surface area contributed by atoms with Gasteiger partial charge >= 0.3 is 11.9 Å². The van der Waals surface area contributed by atoms with Crippen LogP contribution < -0.4 is 0 Å². The van der Waals surface area contributed by atoms with Crippen LogP contribution in [0.25, 0.3) is 6.08 Å². The number of benzene rings is 2. The minimum Gasteiger partial charge on any atom is -0.465 e. The molecule has 6 heteroatoms. The molecule has 3 rings (SSSR count). The topological polar surface area (TPSA) is 65.0 Å². The predicted octanol–water partition coefficient (Wildman–Crippen LogP) is 2.96. The van der Waals surface area contributed by atoms with Crippen molar-refractivity contribution >= 4 is 23.9 Å². The summed E-state index contributed by atoms with van der Waals surface area (Å²) in [5.74, 6) is -1.29. The summed E-state index contributed by atoms with van der Waals surface area (Å²) in [5, 5.41) is 0. The second kappa shape index (κ2) is 6.45. The number of carbonyl (C=O) groups is 2. The molecule has 2 aromatic rings. The summed E-state index contributed by atoms with van der Waals surface area (Å²) in [6.45, 7) is 0. The van der Waals surface area contributed by atoms with Gasteiger partial charge in [0.25, 0.3) is 0 Å². The van der Waals surface area contributed by atoms with Gasteiger partial charge in [0.2, 0.25) is 5.90 Å². The Hall–Kier alpha value is -3.28. The molecule has 0 bridgehead atoms. The Morgan fingerprint density at radius 2 is 1.79 bits per heavy atom. The lowest BCUT2D eigenvalue weighted by atomic mass is 10.1. The van der Waals surface area contributed by atoms with Gasteiger partial charge in [-0.3, -0.25) is 0 Å². The lowest BCUT2D eigenvalue weighted by molar-refractivity contribution is -0.129. The van der Waals surface area contributed by atoms with Gasteiger partial charge in [0, 0.05) is 5.56 Å². The molecule has 0 atom stereocenters. The summed E-state index contributed by atoms with van der Waals surface area (Å²) in [5.41, 5.74) is 1.72. The van der Waals surface area contributed by atoms with Crippen LogP contribution in [0.4, 0.5) is 4.39 Å². The van der Waals surface area contributed by atoms with Crippen molar-refractivity contribution in [1.29, 1.82) is 0 Å². The van der Waals surface area contributed by atoms with Crippen LogP contribution in [0.1, 0.15) is 21.5 Å². The molecule has 0 saturated carbocycles. The van der Waals surface area contributed by atoms with E-state index in [1.807, 2.05) is 0 Å².